The maximum Gasteiger partial charge on any atom is -0.00203 e. The van der Waals surface area contributed by atoms with Gasteiger partial charge in [-0.05, 0) is 143 Å². The highest BCUT2D eigenvalue weighted by Gasteiger charge is 2.17. The molecule has 0 aliphatic rings. The Kier molecular flexibility index (Phi) is 5.59. The van der Waals surface area contributed by atoms with E-state index in [2.05, 4.69) is 182 Å². The van der Waals surface area contributed by atoms with Crippen LogP contribution >= 0.6 is 0 Å². The van der Waals surface area contributed by atoms with Crippen LogP contribution in [-0.2, 0) is 0 Å². The van der Waals surface area contributed by atoms with Gasteiger partial charge in [0, 0.05) is 0 Å². The van der Waals surface area contributed by atoms with Gasteiger partial charge in [0.1, 0.15) is 0 Å². The molecular weight excluding hydrogens is 625 g/mol. The first-order chi connectivity index (χ1) is 25.8. The second kappa shape index (κ2) is 10.4. The quantitative estimate of drug-likeness (QED) is 0.129. The van der Waals surface area contributed by atoms with Gasteiger partial charge in [0.15, 0.2) is 0 Å². The molecule has 0 fully saturated rings. The third kappa shape index (κ3) is 3.87. The van der Waals surface area contributed by atoms with E-state index in [0.717, 1.165) is 0 Å². The lowest BCUT2D eigenvalue weighted by Gasteiger charge is -2.18. The molecule has 0 heteroatoms. The van der Waals surface area contributed by atoms with Crippen molar-refractivity contribution < 1.29 is 0 Å². The average molecular weight is 655 g/mol. The zero-order valence-corrected chi connectivity index (χ0v) is 28.3. The summed E-state index contributed by atoms with van der Waals surface area (Å²) in [7, 11) is 0. The van der Waals surface area contributed by atoms with Gasteiger partial charge in [-0.15, -0.1) is 0 Å². The fourth-order valence-corrected chi connectivity index (χ4v) is 9.30. The minimum Gasteiger partial charge on any atom is -0.0616 e. The Morgan fingerprint density at radius 1 is 0.173 bits per heavy atom. The lowest BCUT2D eigenvalue weighted by atomic mass is 9.85. The summed E-state index contributed by atoms with van der Waals surface area (Å²) >= 11 is 0. The Morgan fingerprint density at radius 2 is 0.519 bits per heavy atom. The summed E-state index contributed by atoms with van der Waals surface area (Å²) < 4.78 is 0. The highest BCUT2D eigenvalue weighted by Crippen LogP contribution is 2.45. The molecule has 0 aromatic heterocycles. The van der Waals surface area contributed by atoms with E-state index >= 15 is 0 Å². The van der Waals surface area contributed by atoms with Crippen LogP contribution in [0.5, 0.6) is 0 Å². The van der Waals surface area contributed by atoms with Crippen molar-refractivity contribution in [1.82, 2.24) is 0 Å². The Balaban J connectivity index is 1.10. The Bertz CT molecular complexity index is 3220. The van der Waals surface area contributed by atoms with Crippen LogP contribution in [0.1, 0.15) is 0 Å². The third-order valence-electron chi connectivity index (χ3n) is 11.7. The smallest absolute Gasteiger partial charge is 0.00203 e. The number of rotatable bonds is 2. The molecule has 0 nitrogen and oxygen atoms in total. The molecule has 0 amide bonds. The Morgan fingerprint density at radius 3 is 1.02 bits per heavy atom. The molecule has 0 N–H and O–H groups in total. The lowest BCUT2D eigenvalue weighted by Crippen LogP contribution is -1.91. The van der Waals surface area contributed by atoms with E-state index < -0.39 is 0 Å². The third-order valence-corrected chi connectivity index (χ3v) is 11.7. The van der Waals surface area contributed by atoms with Crippen LogP contribution in [0.15, 0.2) is 182 Å². The monoisotopic (exact) mass is 654 g/mol. The molecule has 0 saturated carbocycles. The normalized spacial score (nSPS) is 12.2. The van der Waals surface area contributed by atoms with Crippen LogP contribution in [0.4, 0.5) is 0 Å². The number of hydrogen-bond donors (Lipinski definition) is 0. The van der Waals surface area contributed by atoms with E-state index in [0.29, 0.717) is 0 Å². The molecule has 0 saturated heterocycles. The standard InChI is InChI=1S/C52H30/c1-3-11-39-31(7-1)15-17-37-29-49-35(27-47(37)39)9-5-13-41(49)43-23-19-33-22-26-46-44(24-20-34-21-25-45(43)51(33)52(34)46)42-14-6-10-36-28-48-38(30-50(36)42)18-16-32-8-2-4-12-40(32)48/h1-30H. The van der Waals surface area contributed by atoms with E-state index in [4.69, 9.17) is 0 Å². The predicted octanol–water partition coefficient (Wildman–Crippen LogP) is 14.8. The van der Waals surface area contributed by atoms with Crippen molar-refractivity contribution in [3.63, 3.8) is 0 Å². The first-order valence-electron chi connectivity index (χ1n) is 18.2. The number of hydrogen-bond acceptors (Lipinski definition) is 0. The van der Waals surface area contributed by atoms with Gasteiger partial charge >= 0.3 is 0 Å². The van der Waals surface area contributed by atoms with Crippen molar-refractivity contribution in [2.75, 3.05) is 0 Å². The largest absolute Gasteiger partial charge is 0.0616 e. The van der Waals surface area contributed by atoms with E-state index in [1.807, 2.05) is 0 Å². The highest BCUT2D eigenvalue weighted by atomic mass is 14.2. The zero-order valence-electron chi connectivity index (χ0n) is 28.3. The fraction of sp³-hybridized carbons (Fsp3) is 0. The van der Waals surface area contributed by atoms with Gasteiger partial charge < -0.3 is 0 Å². The molecule has 52 heavy (non-hydrogen) atoms. The molecule has 12 aromatic rings. The molecule has 0 unspecified atom stereocenters. The number of fused-ring (bicyclic) bond motifs is 8. The van der Waals surface area contributed by atoms with Crippen molar-refractivity contribution in [3.05, 3.63) is 182 Å². The molecule has 0 aliphatic carbocycles. The van der Waals surface area contributed by atoms with E-state index in [9.17, 15) is 0 Å². The van der Waals surface area contributed by atoms with Crippen LogP contribution in [0.25, 0.3) is 119 Å². The lowest BCUT2D eigenvalue weighted by molar-refractivity contribution is 1.70. The van der Waals surface area contributed by atoms with Gasteiger partial charge in [-0.2, -0.15) is 0 Å². The Labute approximate surface area is 300 Å². The highest BCUT2D eigenvalue weighted by molar-refractivity contribution is 6.29. The molecule has 0 bridgehead atoms. The minimum absolute atomic E-state index is 1.27. The maximum absolute atomic E-state index is 2.40. The number of benzene rings is 12. The first kappa shape index (κ1) is 28.0. The van der Waals surface area contributed by atoms with Crippen LogP contribution in [0.3, 0.4) is 0 Å². The predicted molar refractivity (Wildman–Crippen MR) is 226 cm³/mol. The Hall–Kier alpha value is -6.76. The summed E-state index contributed by atoms with van der Waals surface area (Å²) in [5.41, 5.74) is 5.11. The minimum atomic E-state index is 1.27. The molecule has 0 atom stereocenters. The molecule has 0 spiro atoms. The first-order valence-corrected chi connectivity index (χ1v) is 18.2. The molecule has 0 aliphatic heterocycles. The van der Waals surface area contributed by atoms with Gasteiger partial charge in [0.05, 0.1) is 0 Å². The van der Waals surface area contributed by atoms with Crippen molar-refractivity contribution in [2.45, 2.75) is 0 Å². The summed E-state index contributed by atoms with van der Waals surface area (Å²) in [6.07, 6.45) is 0. The van der Waals surface area contributed by atoms with Crippen LogP contribution < -0.4 is 0 Å². The maximum atomic E-state index is 2.40. The second-order valence-corrected chi connectivity index (χ2v) is 14.4. The van der Waals surface area contributed by atoms with Crippen LogP contribution in [0.2, 0.25) is 0 Å². The van der Waals surface area contributed by atoms with Crippen LogP contribution in [-0.4, -0.2) is 0 Å². The van der Waals surface area contributed by atoms with Gasteiger partial charge in [-0.1, -0.05) is 158 Å². The molecule has 0 radical (unpaired) electrons. The van der Waals surface area contributed by atoms with Gasteiger partial charge in [0.25, 0.3) is 0 Å². The van der Waals surface area contributed by atoms with Gasteiger partial charge in [-0.3, -0.25) is 0 Å². The average Bonchev–Trinajstić information content (AvgIpc) is 3.21. The fourth-order valence-electron chi connectivity index (χ4n) is 9.30. The van der Waals surface area contributed by atoms with E-state index in [-0.39, 0.29) is 0 Å². The van der Waals surface area contributed by atoms with Crippen LogP contribution in [0, 0.1) is 0 Å². The summed E-state index contributed by atoms with van der Waals surface area (Å²) in [6, 6.07) is 68.3. The van der Waals surface area contributed by atoms with Crippen molar-refractivity contribution in [2.24, 2.45) is 0 Å². The van der Waals surface area contributed by atoms with Crippen molar-refractivity contribution in [1.29, 1.82) is 0 Å². The SMILES string of the molecule is c1cc(-c2ccc3ccc4c(-c5cccc6cc7c(ccc8ccccc87)cc56)ccc5ccc2c3c54)c2cc3ccc4ccccc4c3cc2c1. The second-order valence-electron chi connectivity index (χ2n) is 14.4. The molecule has 12 rings (SSSR count). The molecule has 0 heterocycles. The summed E-state index contributed by atoms with van der Waals surface area (Å²) in [6.45, 7) is 0. The summed E-state index contributed by atoms with van der Waals surface area (Å²) in [5.74, 6) is 0. The summed E-state index contributed by atoms with van der Waals surface area (Å²) in [5, 5.41) is 23.3. The molecule has 12 aromatic carbocycles. The zero-order chi connectivity index (χ0) is 33.9. The topological polar surface area (TPSA) is 0 Å². The van der Waals surface area contributed by atoms with Crippen molar-refractivity contribution in [3.8, 4) is 22.3 Å². The van der Waals surface area contributed by atoms with E-state index in [1.54, 1.807) is 0 Å². The summed E-state index contributed by atoms with van der Waals surface area (Å²) in [4.78, 5) is 0. The van der Waals surface area contributed by atoms with E-state index in [1.165, 1.54) is 119 Å². The van der Waals surface area contributed by atoms with Gasteiger partial charge in [0.2, 0.25) is 0 Å². The molecular formula is C52H30. The van der Waals surface area contributed by atoms with Crippen molar-refractivity contribution >= 4 is 97.0 Å². The van der Waals surface area contributed by atoms with Gasteiger partial charge in [-0.25, -0.2) is 0 Å². The molecule has 238 valence electrons.